The summed E-state index contributed by atoms with van der Waals surface area (Å²) in [7, 11) is 0. The molecule has 0 aromatic heterocycles. The standard InChI is InChI=1S/C15H18BrNO3/c1-15(14(19)20)9-5-4-8-12(15)17-13(18)10-6-2-3-7-11(10)16/h2-3,6-7,12H,4-5,8-9H2,1H3,(H,17,18)(H,19,20). The molecule has 1 aliphatic rings. The first-order valence-corrected chi connectivity index (χ1v) is 7.53. The number of halogens is 1. The van der Waals surface area contributed by atoms with Crippen LogP contribution in [0.25, 0.3) is 0 Å². The van der Waals surface area contributed by atoms with E-state index in [-0.39, 0.29) is 11.9 Å². The highest BCUT2D eigenvalue weighted by molar-refractivity contribution is 9.10. The molecule has 1 aromatic rings. The number of nitrogens with one attached hydrogen (secondary N) is 1. The molecule has 0 aliphatic heterocycles. The maximum atomic E-state index is 12.3. The third-order valence-corrected chi connectivity index (χ3v) is 4.81. The Balaban J connectivity index is 2.18. The Morgan fingerprint density at radius 1 is 1.35 bits per heavy atom. The Morgan fingerprint density at radius 2 is 2.05 bits per heavy atom. The van der Waals surface area contributed by atoms with Gasteiger partial charge in [0.15, 0.2) is 0 Å². The Hall–Kier alpha value is -1.36. The van der Waals surface area contributed by atoms with Gasteiger partial charge in [0.25, 0.3) is 5.91 Å². The van der Waals surface area contributed by atoms with E-state index in [1.54, 1.807) is 25.1 Å². The minimum Gasteiger partial charge on any atom is -0.481 e. The molecule has 0 saturated heterocycles. The van der Waals surface area contributed by atoms with Crippen molar-refractivity contribution < 1.29 is 14.7 Å². The Kier molecular flexibility index (Phi) is 4.48. The summed E-state index contributed by atoms with van der Waals surface area (Å²) in [4.78, 5) is 23.8. The van der Waals surface area contributed by atoms with Crippen LogP contribution >= 0.6 is 15.9 Å². The maximum absolute atomic E-state index is 12.3. The molecule has 2 rings (SSSR count). The van der Waals surface area contributed by atoms with Gasteiger partial charge in [-0.1, -0.05) is 25.0 Å². The van der Waals surface area contributed by atoms with Gasteiger partial charge in [0.2, 0.25) is 0 Å². The number of hydrogen-bond donors (Lipinski definition) is 2. The number of aliphatic carboxylic acids is 1. The first kappa shape index (κ1) is 15.0. The highest BCUT2D eigenvalue weighted by Crippen LogP contribution is 2.36. The predicted octanol–water partition coefficient (Wildman–Crippen LogP) is 3.21. The largest absolute Gasteiger partial charge is 0.481 e. The molecule has 2 atom stereocenters. The zero-order chi connectivity index (χ0) is 14.8. The van der Waals surface area contributed by atoms with E-state index in [0.717, 1.165) is 12.8 Å². The van der Waals surface area contributed by atoms with E-state index in [0.29, 0.717) is 22.9 Å². The van der Waals surface area contributed by atoms with E-state index in [4.69, 9.17) is 0 Å². The van der Waals surface area contributed by atoms with Crippen LogP contribution in [0, 0.1) is 5.41 Å². The van der Waals surface area contributed by atoms with Crippen LogP contribution < -0.4 is 5.32 Å². The van der Waals surface area contributed by atoms with Crippen molar-refractivity contribution in [2.45, 2.75) is 38.6 Å². The van der Waals surface area contributed by atoms with Crippen LogP contribution in [0.2, 0.25) is 0 Å². The predicted molar refractivity (Wildman–Crippen MR) is 79.6 cm³/mol. The van der Waals surface area contributed by atoms with Crippen LogP contribution in [0.1, 0.15) is 43.0 Å². The summed E-state index contributed by atoms with van der Waals surface area (Å²) in [6, 6.07) is 6.82. The topological polar surface area (TPSA) is 66.4 Å². The van der Waals surface area contributed by atoms with E-state index in [9.17, 15) is 14.7 Å². The van der Waals surface area contributed by atoms with E-state index < -0.39 is 11.4 Å². The molecule has 0 spiro atoms. The minimum absolute atomic E-state index is 0.225. The number of amides is 1. The van der Waals surface area contributed by atoms with Crippen molar-refractivity contribution in [3.63, 3.8) is 0 Å². The van der Waals surface area contributed by atoms with Gasteiger partial charge in [-0.3, -0.25) is 9.59 Å². The Bertz CT molecular complexity index is 532. The number of benzene rings is 1. The highest BCUT2D eigenvalue weighted by Gasteiger charge is 2.43. The molecular weight excluding hydrogens is 322 g/mol. The van der Waals surface area contributed by atoms with Crippen LogP contribution in [-0.4, -0.2) is 23.0 Å². The molecule has 0 bridgehead atoms. The van der Waals surface area contributed by atoms with Gasteiger partial charge in [-0.2, -0.15) is 0 Å². The molecule has 1 amide bonds. The summed E-state index contributed by atoms with van der Waals surface area (Å²) in [5, 5.41) is 12.3. The first-order valence-electron chi connectivity index (χ1n) is 6.74. The lowest BCUT2D eigenvalue weighted by atomic mass is 9.71. The molecule has 2 unspecified atom stereocenters. The molecule has 5 heteroatoms. The minimum atomic E-state index is -0.880. The normalized spacial score (nSPS) is 26.0. The molecule has 0 radical (unpaired) electrons. The summed E-state index contributed by atoms with van der Waals surface area (Å²) >= 11 is 3.34. The molecule has 1 saturated carbocycles. The summed E-state index contributed by atoms with van der Waals surface area (Å²) in [5.41, 5.74) is -0.347. The summed E-state index contributed by atoms with van der Waals surface area (Å²) < 4.78 is 0.713. The highest BCUT2D eigenvalue weighted by atomic mass is 79.9. The lowest BCUT2D eigenvalue weighted by Gasteiger charge is -2.38. The van der Waals surface area contributed by atoms with Crippen molar-refractivity contribution in [2.24, 2.45) is 5.41 Å². The second kappa shape index (κ2) is 5.95. The molecule has 4 nitrogen and oxygen atoms in total. The molecule has 1 fully saturated rings. The Morgan fingerprint density at radius 3 is 2.70 bits per heavy atom. The average Bonchev–Trinajstić information content (AvgIpc) is 2.41. The second-order valence-corrected chi connectivity index (χ2v) is 6.33. The average molecular weight is 340 g/mol. The van der Waals surface area contributed by atoms with Crippen molar-refractivity contribution in [1.29, 1.82) is 0 Å². The summed E-state index contributed by atoms with van der Waals surface area (Å²) in [6.07, 6.45) is 3.15. The molecule has 1 aliphatic carbocycles. The number of carbonyl (C=O) groups excluding carboxylic acids is 1. The fraction of sp³-hybridized carbons (Fsp3) is 0.467. The zero-order valence-electron chi connectivity index (χ0n) is 11.4. The monoisotopic (exact) mass is 339 g/mol. The van der Waals surface area contributed by atoms with Crippen molar-refractivity contribution >= 4 is 27.8 Å². The molecule has 20 heavy (non-hydrogen) atoms. The fourth-order valence-electron chi connectivity index (χ4n) is 2.70. The van der Waals surface area contributed by atoms with Crippen LogP contribution in [0.15, 0.2) is 28.7 Å². The molecular formula is C15H18BrNO3. The number of carbonyl (C=O) groups is 2. The second-order valence-electron chi connectivity index (χ2n) is 5.47. The van der Waals surface area contributed by atoms with Gasteiger partial charge >= 0.3 is 5.97 Å². The molecule has 1 aromatic carbocycles. The van der Waals surface area contributed by atoms with E-state index >= 15 is 0 Å². The number of carboxylic acid groups (broad SMARTS) is 1. The number of hydrogen-bond acceptors (Lipinski definition) is 2. The summed E-state index contributed by atoms with van der Waals surface area (Å²) in [6.45, 7) is 1.72. The van der Waals surface area contributed by atoms with Gasteiger partial charge in [0, 0.05) is 10.5 Å². The third-order valence-electron chi connectivity index (χ3n) is 4.12. The lowest BCUT2D eigenvalue weighted by molar-refractivity contribution is -0.151. The van der Waals surface area contributed by atoms with Crippen LogP contribution in [0.5, 0.6) is 0 Å². The fourth-order valence-corrected chi connectivity index (χ4v) is 3.17. The van der Waals surface area contributed by atoms with Crippen molar-refractivity contribution in [3.8, 4) is 0 Å². The van der Waals surface area contributed by atoms with Gasteiger partial charge < -0.3 is 10.4 Å². The van der Waals surface area contributed by atoms with Gasteiger partial charge in [-0.25, -0.2) is 0 Å². The zero-order valence-corrected chi connectivity index (χ0v) is 12.9. The van der Waals surface area contributed by atoms with Gasteiger partial charge in [-0.15, -0.1) is 0 Å². The number of rotatable bonds is 3. The first-order chi connectivity index (χ1) is 9.45. The molecule has 108 valence electrons. The Labute approximate surface area is 126 Å². The van der Waals surface area contributed by atoms with E-state index in [1.807, 2.05) is 6.07 Å². The van der Waals surface area contributed by atoms with Crippen molar-refractivity contribution in [2.75, 3.05) is 0 Å². The van der Waals surface area contributed by atoms with E-state index in [2.05, 4.69) is 21.2 Å². The number of carboxylic acids is 1. The van der Waals surface area contributed by atoms with Gasteiger partial charge in [0.05, 0.1) is 11.0 Å². The van der Waals surface area contributed by atoms with Gasteiger partial charge in [-0.05, 0) is 47.8 Å². The van der Waals surface area contributed by atoms with Crippen LogP contribution in [0.3, 0.4) is 0 Å². The maximum Gasteiger partial charge on any atom is 0.311 e. The van der Waals surface area contributed by atoms with Crippen LogP contribution in [-0.2, 0) is 4.79 Å². The smallest absolute Gasteiger partial charge is 0.311 e. The van der Waals surface area contributed by atoms with Crippen molar-refractivity contribution in [3.05, 3.63) is 34.3 Å². The van der Waals surface area contributed by atoms with Crippen molar-refractivity contribution in [1.82, 2.24) is 5.32 Å². The third kappa shape index (κ3) is 2.87. The van der Waals surface area contributed by atoms with Crippen LogP contribution in [0.4, 0.5) is 0 Å². The quantitative estimate of drug-likeness (QED) is 0.888. The molecule has 2 N–H and O–H groups in total. The summed E-state index contributed by atoms with van der Waals surface area (Å²) in [5.74, 6) is -1.06. The lowest BCUT2D eigenvalue weighted by Crippen LogP contribution is -2.52. The molecule has 0 heterocycles. The SMILES string of the molecule is CC1(C(=O)O)CCCCC1NC(=O)c1ccccc1Br. The van der Waals surface area contributed by atoms with Gasteiger partial charge in [0.1, 0.15) is 0 Å². The van der Waals surface area contributed by atoms with E-state index in [1.165, 1.54) is 0 Å².